The molecule has 1 aromatic carbocycles. The second-order valence-electron chi connectivity index (χ2n) is 7.62. The van der Waals surface area contributed by atoms with E-state index in [4.69, 9.17) is 9.47 Å². The summed E-state index contributed by atoms with van der Waals surface area (Å²) >= 11 is 0. The number of nitrogens with one attached hydrogen (secondary N) is 2. The van der Waals surface area contributed by atoms with E-state index in [0.29, 0.717) is 35.3 Å². The first-order valence-electron chi connectivity index (χ1n) is 9.88. The average molecular weight is 374 g/mol. The second kappa shape index (κ2) is 8.63. The standard InChI is InChI=1S/C21H30N2O4/c1-4-6-13-11-19(24)23-17-12-14(9-10-15(13)17)22-21(25)16-7-5-8-18(26-2)20(16)27-3/h5,7-8,13-15,17H,4,6,9-12H2,1-3H3,(H,22,25)(H,23,24). The normalized spacial score (nSPS) is 27.3. The van der Waals surface area contributed by atoms with E-state index in [9.17, 15) is 9.59 Å². The second-order valence-corrected chi connectivity index (χ2v) is 7.62. The Morgan fingerprint density at radius 1 is 1.26 bits per heavy atom. The van der Waals surface area contributed by atoms with Crippen LogP contribution in [0.3, 0.4) is 0 Å². The summed E-state index contributed by atoms with van der Waals surface area (Å²) < 4.78 is 10.7. The number of benzene rings is 1. The summed E-state index contributed by atoms with van der Waals surface area (Å²) in [5.41, 5.74) is 0.468. The van der Waals surface area contributed by atoms with Crippen molar-refractivity contribution in [2.75, 3.05) is 14.2 Å². The van der Waals surface area contributed by atoms with Gasteiger partial charge in [-0.05, 0) is 49.7 Å². The molecule has 2 amide bonds. The zero-order valence-electron chi connectivity index (χ0n) is 16.4. The van der Waals surface area contributed by atoms with Crippen LogP contribution in [-0.4, -0.2) is 38.1 Å². The summed E-state index contributed by atoms with van der Waals surface area (Å²) in [4.78, 5) is 24.9. The quantitative estimate of drug-likeness (QED) is 0.803. The molecule has 0 radical (unpaired) electrons. The van der Waals surface area contributed by atoms with E-state index in [0.717, 1.165) is 32.1 Å². The van der Waals surface area contributed by atoms with Gasteiger partial charge in [-0.3, -0.25) is 9.59 Å². The van der Waals surface area contributed by atoms with Crippen LogP contribution in [0.15, 0.2) is 18.2 Å². The highest BCUT2D eigenvalue weighted by Crippen LogP contribution is 2.38. The molecule has 6 heteroatoms. The van der Waals surface area contributed by atoms with Crippen molar-refractivity contribution in [1.29, 1.82) is 0 Å². The Hall–Kier alpha value is -2.24. The van der Waals surface area contributed by atoms with Gasteiger partial charge >= 0.3 is 0 Å². The Labute approximate surface area is 161 Å². The van der Waals surface area contributed by atoms with E-state index in [1.807, 2.05) is 0 Å². The molecule has 0 aromatic heterocycles. The maximum atomic E-state index is 12.8. The Balaban J connectivity index is 1.68. The van der Waals surface area contributed by atoms with Crippen LogP contribution in [0.2, 0.25) is 0 Å². The van der Waals surface area contributed by atoms with Gasteiger partial charge in [-0.25, -0.2) is 0 Å². The van der Waals surface area contributed by atoms with Gasteiger partial charge in [-0.15, -0.1) is 0 Å². The predicted octanol–water partition coefficient (Wildman–Crippen LogP) is 2.91. The molecule has 1 saturated heterocycles. The summed E-state index contributed by atoms with van der Waals surface area (Å²) in [5, 5.41) is 6.29. The van der Waals surface area contributed by atoms with E-state index in [1.165, 1.54) is 7.11 Å². The van der Waals surface area contributed by atoms with E-state index >= 15 is 0 Å². The number of hydrogen-bond donors (Lipinski definition) is 2. The molecule has 2 aliphatic rings. The molecule has 3 rings (SSSR count). The Morgan fingerprint density at radius 2 is 2.07 bits per heavy atom. The molecule has 2 fully saturated rings. The molecule has 1 heterocycles. The van der Waals surface area contributed by atoms with Crippen molar-refractivity contribution in [3.05, 3.63) is 23.8 Å². The number of amides is 2. The Bertz CT molecular complexity index is 691. The third kappa shape index (κ3) is 4.20. The molecular formula is C21H30N2O4. The zero-order valence-corrected chi connectivity index (χ0v) is 16.4. The minimum Gasteiger partial charge on any atom is -0.493 e. The molecule has 0 spiro atoms. The van der Waals surface area contributed by atoms with Crippen molar-refractivity contribution in [2.45, 2.75) is 57.5 Å². The number of fused-ring (bicyclic) bond motifs is 1. The monoisotopic (exact) mass is 374 g/mol. The number of rotatable bonds is 6. The van der Waals surface area contributed by atoms with Gasteiger partial charge in [0, 0.05) is 18.5 Å². The topological polar surface area (TPSA) is 76.7 Å². The molecular weight excluding hydrogens is 344 g/mol. The number of methoxy groups -OCH3 is 2. The first-order valence-corrected chi connectivity index (χ1v) is 9.88. The molecule has 1 aromatic rings. The highest BCUT2D eigenvalue weighted by Gasteiger charge is 2.40. The van der Waals surface area contributed by atoms with Crippen LogP contribution in [-0.2, 0) is 4.79 Å². The fraction of sp³-hybridized carbons (Fsp3) is 0.619. The van der Waals surface area contributed by atoms with Crippen molar-refractivity contribution < 1.29 is 19.1 Å². The van der Waals surface area contributed by atoms with Gasteiger partial charge in [-0.1, -0.05) is 19.4 Å². The summed E-state index contributed by atoms with van der Waals surface area (Å²) in [6, 6.07) is 5.50. The molecule has 27 heavy (non-hydrogen) atoms. The first kappa shape index (κ1) is 19.5. The van der Waals surface area contributed by atoms with Gasteiger partial charge in [0.1, 0.15) is 0 Å². The lowest BCUT2D eigenvalue weighted by atomic mass is 9.70. The third-order valence-corrected chi connectivity index (χ3v) is 5.95. The number of ether oxygens (including phenoxy) is 2. The highest BCUT2D eigenvalue weighted by molar-refractivity contribution is 5.98. The number of piperidine rings is 1. The molecule has 2 N–H and O–H groups in total. The van der Waals surface area contributed by atoms with Crippen LogP contribution < -0.4 is 20.1 Å². The fourth-order valence-corrected chi connectivity index (χ4v) is 4.73. The lowest BCUT2D eigenvalue weighted by Crippen LogP contribution is -2.55. The smallest absolute Gasteiger partial charge is 0.255 e. The Morgan fingerprint density at radius 3 is 2.78 bits per heavy atom. The van der Waals surface area contributed by atoms with E-state index in [1.54, 1.807) is 25.3 Å². The summed E-state index contributed by atoms with van der Waals surface area (Å²) in [7, 11) is 3.09. The maximum Gasteiger partial charge on any atom is 0.255 e. The van der Waals surface area contributed by atoms with Gasteiger partial charge in [0.15, 0.2) is 11.5 Å². The largest absolute Gasteiger partial charge is 0.493 e. The first-order chi connectivity index (χ1) is 13.1. The summed E-state index contributed by atoms with van der Waals surface area (Å²) in [5.74, 6) is 1.97. The molecule has 1 aliphatic carbocycles. The highest BCUT2D eigenvalue weighted by atomic mass is 16.5. The van der Waals surface area contributed by atoms with Crippen molar-refractivity contribution in [3.8, 4) is 11.5 Å². The summed E-state index contributed by atoms with van der Waals surface area (Å²) in [6.45, 7) is 2.18. The van der Waals surface area contributed by atoms with Crippen molar-refractivity contribution in [1.82, 2.24) is 10.6 Å². The zero-order chi connectivity index (χ0) is 19.4. The van der Waals surface area contributed by atoms with E-state index in [-0.39, 0.29) is 23.9 Å². The minimum absolute atomic E-state index is 0.0512. The van der Waals surface area contributed by atoms with Gasteiger partial charge in [0.25, 0.3) is 5.91 Å². The predicted molar refractivity (Wildman–Crippen MR) is 103 cm³/mol. The number of para-hydroxylation sites is 1. The SMILES string of the molecule is CCCC1CC(=O)NC2CC(NC(=O)c3cccc(OC)c3OC)CCC12. The number of hydrogen-bond acceptors (Lipinski definition) is 4. The molecule has 4 atom stereocenters. The van der Waals surface area contributed by atoms with Crippen LogP contribution in [0.1, 0.15) is 55.8 Å². The van der Waals surface area contributed by atoms with Gasteiger partial charge in [0.05, 0.1) is 19.8 Å². The average Bonchev–Trinajstić information content (AvgIpc) is 2.67. The maximum absolute atomic E-state index is 12.8. The van der Waals surface area contributed by atoms with Gasteiger partial charge < -0.3 is 20.1 Å². The van der Waals surface area contributed by atoms with Gasteiger partial charge in [0.2, 0.25) is 5.91 Å². The Kier molecular flexibility index (Phi) is 6.24. The van der Waals surface area contributed by atoms with Crippen LogP contribution >= 0.6 is 0 Å². The molecule has 148 valence electrons. The summed E-state index contributed by atoms with van der Waals surface area (Å²) in [6.07, 6.45) is 5.62. The van der Waals surface area contributed by atoms with Crippen LogP contribution in [0.25, 0.3) is 0 Å². The van der Waals surface area contributed by atoms with E-state index < -0.39 is 0 Å². The lowest BCUT2D eigenvalue weighted by Gasteiger charge is -2.44. The van der Waals surface area contributed by atoms with Crippen LogP contribution in [0.5, 0.6) is 11.5 Å². The van der Waals surface area contributed by atoms with E-state index in [2.05, 4.69) is 17.6 Å². The molecule has 1 aliphatic heterocycles. The number of carbonyl (C=O) groups excluding carboxylic acids is 2. The third-order valence-electron chi connectivity index (χ3n) is 5.95. The van der Waals surface area contributed by atoms with Crippen LogP contribution in [0.4, 0.5) is 0 Å². The van der Waals surface area contributed by atoms with Gasteiger partial charge in [-0.2, -0.15) is 0 Å². The lowest BCUT2D eigenvalue weighted by molar-refractivity contribution is -0.127. The molecule has 0 bridgehead atoms. The minimum atomic E-state index is -0.165. The molecule has 4 unspecified atom stereocenters. The van der Waals surface area contributed by atoms with Crippen LogP contribution in [0, 0.1) is 11.8 Å². The van der Waals surface area contributed by atoms with Crippen molar-refractivity contribution >= 4 is 11.8 Å². The van der Waals surface area contributed by atoms with Crippen molar-refractivity contribution in [3.63, 3.8) is 0 Å². The molecule has 1 saturated carbocycles. The molecule has 6 nitrogen and oxygen atoms in total. The fourth-order valence-electron chi connectivity index (χ4n) is 4.73. The van der Waals surface area contributed by atoms with Crippen molar-refractivity contribution in [2.24, 2.45) is 11.8 Å². The number of carbonyl (C=O) groups is 2.